The minimum atomic E-state index is -4.78. The Kier molecular flexibility index (Phi) is 9.56. The van der Waals surface area contributed by atoms with E-state index in [1.54, 1.807) is 0 Å². The van der Waals surface area contributed by atoms with E-state index in [4.69, 9.17) is 15.2 Å². The highest BCUT2D eigenvalue weighted by Gasteiger charge is 2.19. The fraction of sp³-hybridized carbons (Fsp3) is 0.111. The lowest BCUT2D eigenvalue weighted by Crippen LogP contribution is -2.10. The smallest absolute Gasteiger partial charge is 0.313 e. The maximum atomic E-state index is 13.5. The third-order valence-corrected chi connectivity index (χ3v) is 7.33. The molecule has 0 spiro atoms. The van der Waals surface area contributed by atoms with Crippen LogP contribution in [0.1, 0.15) is 0 Å². The molecule has 204 valence electrons. The zero-order valence-corrected chi connectivity index (χ0v) is 21.0. The van der Waals surface area contributed by atoms with E-state index in [9.17, 15) is 30.2 Å². The average Bonchev–Trinajstić information content (AvgIpc) is 2.82. The molecule has 1 aromatic heterocycles. The van der Waals surface area contributed by atoms with Crippen molar-refractivity contribution in [2.24, 2.45) is 10.2 Å². The number of nitrogens with zero attached hydrogens (tertiary/aromatic N) is 4. The zero-order chi connectivity index (χ0) is 27.9. The second-order valence-corrected chi connectivity index (χ2v) is 10.9. The lowest BCUT2D eigenvalue weighted by atomic mass is 10.2. The van der Waals surface area contributed by atoms with Gasteiger partial charge >= 0.3 is 6.08 Å². The van der Waals surface area contributed by atoms with E-state index in [2.05, 4.69) is 34.9 Å². The van der Waals surface area contributed by atoms with Gasteiger partial charge in [0, 0.05) is 6.07 Å². The first-order valence-corrected chi connectivity index (χ1v) is 13.5. The minimum Gasteiger partial charge on any atom is -0.398 e. The molecule has 0 bridgehead atoms. The highest BCUT2D eigenvalue weighted by atomic mass is 32.2. The van der Waals surface area contributed by atoms with Crippen molar-refractivity contribution in [3.63, 3.8) is 0 Å². The van der Waals surface area contributed by atoms with Gasteiger partial charge in [-0.25, -0.2) is 13.7 Å². The third-order valence-electron chi connectivity index (χ3n) is 4.35. The van der Waals surface area contributed by atoms with Crippen LogP contribution in [-0.4, -0.2) is 49.0 Å². The Morgan fingerprint density at radius 2 is 1.76 bits per heavy atom. The maximum absolute atomic E-state index is 13.5. The normalized spacial score (nSPS) is 12.2. The van der Waals surface area contributed by atoms with E-state index in [1.165, 1.54) is 24.3 Å². The quantitative estimate of drug-likeness (QED) is 0.0271. The summed E-state index contributed by atoms with van der Waals surface area (Å²) in [5.41, 5.74) is 5.06. The van der Waals surface area contributed by atoms with Gasteiger partial charge in [0.1, 0.15) is 16.4 Å². The van der Waals surface area contributed by atoms with Crippen LogP contribution < -0.4 is 11.1 Å². The fourth-order valence-electron chi connectivity index (χ4n) is 2.74. The van der Waals surface area contributed by atoms with E-state index in [1.807, 2.05) is 0 Å². The number of aromatic nitrogens is 2. The van der Waals surface area contributed by atoms with Gasteiger partial charge in [-0.05, 0) is 36.4 Å². The van der Waals surface area contributed by atoms with Gasteiger partial charge in [0.15, 0.2) is 22.2 Å². The van der Waals surface area contributed by atoms with Crippen LogP contribution in [0.4, 0.5) is 37.3 Å². The summed E-state index contributed by atoms with van der Waals surface area (Å²) >= 11 is 0.228. The molecule has 0 aliphatic heterocycles. The molecule has 0 radical (unpaired) electrons. The fourth-order valence-corrected chi connectivity index (χ4v) is 4.77. The molecule has 38 heavy (non-hydrogen) atoms. The molecule has 2 aromatic carbocycles. The van der Waals surface area contributed by atoms with Crippen molar-refractivity contribution in [1.82, 2.24) is 9.97 Å². The van der Waals surface area contributed by atoms with Crippen LogP contribution in [0.5, 0.6) is 0 Å². The molecule has 0 aliphatic carbocycles. The first-order chi connectivity index (χ1) is 17.9. The second-order valence-electron chi connectivity index (χ2n) is 6.90. The van der Waals surface area contributed by atoms with E-state index in [0.29, 0.717) is 0 Å². The van der Waals surface area contributed by atoms with Crippen molar-refractivity contribution in [2.45, 2.75) is 9.79 Å². The van der Waals surface area contributed by atoms with Gasteiger partial charge in [0.2, 0.25) is 5.95 Å². The number of nitrogens with two attached hydrogens (primary N) is 1. The molecule has 0 amide bonds. The van der Waals surface area contributed by atoms with Crippen molar-refractivity contribution in [2.75, 3.05) is 23.4 Å². The molecule has 20 heteroatoms. The number of hydrogen-bond acceptors (Lipinski definition) is 15. The maximum Gasteiger partial charge on any atom is 0.313 e. The highest BCUT2D eigenvalue weighted by molar-refractivity contribution is 7.91. The number of nitrogens with one attached hydrogen (secondary N) is 1. The van der Waals surface area contributed by atoms with Gasteiger partial charge in [-0.1, -0.05) is 5.04 Å². The van der Waals surface area contributed by atoms with Gasteiger partial charge in [-0.2, -0.15) is 32.3 Å². The van der Waals surface area contributed by atoms with Crippen LogP contribution in [0.3, 0.4) is 0 Å². The Hall–Kier alpha value is -3.37. The van der Waals surface area contributed by atoms with Crippen molar-refractivity contribution >= 4 is 60.8 Å². The number of benzene rings is 2. The number of halogens is 2. The molecule has 0 aliphatic rings. The number of azo groups is 1. The summed E-state index contributed by atoms with van der Waals surface area (Å²) in [6, 6.07) is 7.64. The molecule has 0 saturated heterocycles. The predicted octanol–water partition coefficient (Wildman–Crippen LogP) is 3.52. The summed E-state index contributed by atoms with van der Waals surface area (Å²) in [5, 5.41) is 21.5. The Morgan fingerprint density at radius 1 is 1.05 bits per heavy atom. The Morgan fingerprint density at radius 3 is 2.39 bits per heavy atom. The highest BCUT2D eigenvalue weighted by Crippen LogP contribution is 2.35. The largest absolute Gasteiger partial charge is 0.398 e. The minimum absolute atomic E-state index is 0.0827. The number of hydrogen-bond donors (Lipinski definition) is 4. The summed E-state index contributed by atoms with van der Waals surface area (Å²) in [6.45, 7) is -0.291. The molecule has 3 rings (SSSR count). The number of nitrogen functional groups attached to an aromatic ring is 1. The van der Waals surface area contributed by atoms with Crippen molar-refractivity contribution in [1.29, 1.82) is 0 Å². The summed E-state index contributed by atoms with van der Waals surface area (Å²) in [7, 11) is -8.55. The van der Waals surface area contributed by atoms with E-state index >= 15 is 0 Å². The molecule has 0 atom stereocenters. The molecule has 0 fully saturated rings. The van der Waals surface area contributed by atoms with Crippen molar-refractivity contribution in [3.8, 4) is 0 Å². The van der Waals surface area contributed by atoms with Crippen molar-refractivity contribution < 1.29 is 49.0 Å². The first kappa shape index (κ1) is 29.2. The summed E-state index contributed by atoms with van der Waals surface area (Å²) in [6.07, 6.45) is -1.38. The molecule has 0 saturated carbocycles. The Labute approximate surface area is 217 Å². The predicted molar refractivity (Wildman–Crippen MR) is 127 cm³/mol. The van der Waals surface area contributed by atoms with Crippen molar-refractivity contribution in [3.05, 3.63) is 54.5 Å². The number of anilines is 3. The summed E-state index contributed by atoms with van der Waals surface area (Å²) < 4.78 is 93.0. The number of rotatable bonds is 12. The van der Waals surface area contributed by atoms with Gasteiger partial charge in [0.25, 0.3) is 10.1 Å². The molecular formula is C18H16F2N6O9S3. The monoisotopic (exact) mass is 594 g/mol. The average molecular weight is 595 g/mol. The van der Waals surface area contributed by atoms with Crippen LogP contribution >= 0.6 is 12.3 Å². The van der Waals surface area contributed by atoms with Gasteiger partial charge in [-0.15, -0.1) is 9.45 Å². The molecule has 5 N–H and O–H groups in total. The molecule has 3 aromatic rings. The van der Waals surface area contributed by atoms with Crippen LogP contribution in [0, 0.1) is 12.0 Å². The number of sulfone groups is 1. The van der Waals surface area contributed by atoms with Gasteiger partial charge in [0.05, 0.1) is 34.3 Å². The van der Waals surface area contributed by atoms with Crippen LogP contribution in [-0.2, 0) is 33.5 Å². The van der Waals surface area contributed by atoms with Gasteiger partial charge < -0.3 is 11.1 Å². The SMILES string of the molecule is Nc1cc(Nc2cc(F)nc(F)n2)c(/N=N/c2ccc(S(=O)(=O)CCOSOOO)cc2)cc1S(=O)(=O)O. The lowest BCUT2D eigenvalue weighted by molar-refractivity contribution is -0.434. The topological polar surface area (TPSA) is 225 Å². The van der Waals surface area contributed by atoms with Crippen LogP contribution in [0.15, 0.2) is 62.5 Å². The lowest BCUT2D eigenvalue weighted by Gasteiger charge is -2.11. The molecular weight excluding hydrogens is 578 g/mol. The second kappa shape index (κ2) is 12.4. The Balaban J connectivity index is 1.87. The molecule has 15 nitrogen and oxygen atoms in total. The zero-order valence-electron chi connectivity index (χ0n) is 18.6. The first-order valence-electron chi connectivity index (χ1n) is 9.78. The summed E-state index contributed by atoms with van der Waals surface area (Å²) in [4.78, 5) is 5.42. The van der Waals surface area contributed by atoms with Crippen LogP contribution in [0.25, 0.3) is 0 Å². The van der Waals surface area contributed by atoms with E-state index in [-0.39, 0.29) is 46.7 Å². The standard InChI is InChI=1S/C18H16F2N6O9S3/c19-16-9-17(24-18(20)23-16)22-13-7-12(21)15(38(30,31)32)8-14(13)26-25-10-1-3-11(4-2-10)37(28,29)6-5-33-36-35-34-27/h1-4,7-9,27H,5-6,21H2,(H,22,23,24)(H,30,31,32)/b26-25+. The summed E-state index contributed by atoms with van der Waals surface area (Å²) in [5.74, 6) is -1.99. The molecule has 1 heterocycles. The molecule has 0 unspecified atom stereocenters. The third kappa shape index (κ3) is 8.06. The van der Waals surface area contributed by atoms with E-state index < -0.39 is 48.3 Å². The van der Waals surface area contributed by atoms with Gasteiger partial charge in [-0.3, -0.25) is 8.74 Å². The van der Waals surface area contributed by atoms with Crippen LogP contribution in [0.2, 0.25) is 0 Å². The Bertz CT molecular complexity index is 1520. The van der Waals surface area contributed by atoms with E-state index in [0.717, 1.165) is 18.2 Å².